The normalized spacial score (nSPS) is 21.9. The number of hydrogen-bond acceptors (Lipinski definition) is 4. The Morgan fingerprint density at radius 2 is 1.49 bits per heavy atom. The molecule has 0 spiro atoms. The molecule has 1 saturated heterocycles. The van der Waals surface area contributed by atoms with E-state index in [9.17, 15) is 9.59 Å². The van der Waals surface area contributed by atoms with Crippen LogP contribution in [0.2, 0.25) is 0 Å². The molecule has 0 N–H and O–H groups in total. The van der Waals surface area contributed by atoms with Crippen LogP contribution in [0.5, 0.6) is 0 Å². The first-order valence-electron chi connectivity index (χ1n) is 11.9. The molecule has 35 heavy (non-hydrogen) atoms. The fourth-order valence-corrected chi connectivity index (χ4v) is 5.14. The molecule has 3 aromatic rings. The molecule has 6 heteroatoms. The summed E-state index contributed by atoms with van der Waals surface area (Å²) < 4.78 is 13.0. The van der Waals surface area contributed by atoms with Crippen LogP contribution >= 0.6 is 22.6 Å². The summed E-state index contributed by atoms with van der Waals surface area (Å²) in [4.78, 5) is 29.0. The number of hydrogen-bond donors (Lipinski definition) is 0. The zero-order valence-corrected chi connectivity index (χ0v) is 22.0. The van der Waals surface area contributed by atoms with Crippen LogP contribution in [-0.2, 0) is 20.9 Å². The number of ether oxygens (including phenoxy) is 2. The predicted octanol–water partition coefficient (Wildman–Crippen LogP) is 7.03. The molecule has 0 radical (unpaired) electrons. The molecule has 1 aliphatic rings. The predicted molar refractivity (Wildman–Crippen MR) is 144 cm³/mol. The molecule has 0 aliphatic carbocycles. The van der Waals surface area contributed by atoms with Gasteiger partial charge >= 0.3 is 12.1 Å². The lowest BCUT2D eigenvalue weighted by molar-refractivity contribution is -0.186. The lowest BCUT2D eigenvalue weighted by atomic mass is 9.84. The van der Waals surface area contributed by atoms with E-state index in [1.54, 1.807) is 4.90 Å². The summed E-state index contributed by atoms with van der Waals surface area (Å²) in [6, 6.07) is 28.4. The van der Waals surface area contributed by atoms with E-state index in [-0.39, 0.29) is 6.61 Å². The van der Waals surface area contributed by atoms with Crippen LogP contribution in [-0.4, -0.2) is 26.9 Å². The second-order valence-corrected chi connectivity index (χ2v) is 10.0. The summed E-state index contributed by atoms with van der Waals surface area (Å²) in [6.07, 6.45) is 1.09. The smallest absolute Gasteiger partial charge is 0.411 e. The van der Waals surface area contributed by atoms with Gasteiger partial charge in [0.05, 0.1) is 0 Å². The molecule has 0 saturated carbocycles. The molecule has 0 unspecified atom stereocenters. The van der Waals surface area contributed by atoms with E-state index in [0.29, 0.717) is 6.42 Å². The highest BCUT2D eigenvalue weighted by Gasteiger charge is 2.55. The minimum absolute atomic E-state index is 0.132. The highest BCUT2D eigenvalue weighted by molar-refractivity contribution is 14.1. The summed E-state index contributed by atoms with van der Waals surface area (Å²) in [7, 11) is 0. The third-order valence-corrected chi connectivity index (χ3v) is 7.25. The summed E-state index contributed by atoms with van der Waals surface area (Å²) in [5, 5.41) is 0. The molecule has 0 bridgehead atoms. The summed E-state index contributed by atoms with van der Waals surface area (Å²) in [5.41, 5.74) is 1.48. The van der Waals surface area contributed by atoms with Crippen LogP contribution in [0.25, 0.3) is 0 Å². The van der Waals surface area contributed by atoms with Gasteiger partial charge in [0.2, 0.25) is 0 Å². The number of cyclic esters (lactones) is 1. The third-order valence-electron chi connectivity index (χ3n) is 6.49. The Hall–Kier alpha value is -2.87. The monoisotopic (exact) mass is 583 g/mol. The quantitative estimate of drug-likeness (QED) is 0.124. The third kappa shape index (κ3) is 5.69. The number of halogens is 1. The van der Waals surface area contributed by atoms with Gasteiger partial charge in [-0.05, 0) is 47.3 Å². The van der Waals surface area contributed by atoms with Crippen molar-refractivity contribution in [1.82, 2.24) is 4.90 Å². The van der Waals surface area contributed by atoms with Crippen LogP contribution in [0.1, 0.15) is 55.0 Å². The average molecular weight is 583 g/mol. The van der Waals surface area contributed by atoms with Crippen molar-refractivity contribution in [2.75, 3.05) is 4.43 Å². The van der Waals surface area contributed by atoms with Crippen molar-refractivity contribution >= 4 is 34.7 Å². The van der Waals surface area contributed by atoms with Gasteiger partial charge in [0.25, 0.3) is 0 Å². The first-order valence-corrected chi connectivity index (χ1v) is 13.4. The zero-order valence-electron chi connectivity index (χ0n) is 19.8. The van der Waals surface area contributed by atoms with E-state index in [4.69, 9.17) is 9.47 Å². The molecule has 3 atom stereocenters. The van der Waals surface area contributed by atoms with Crippen LogP contribution in [0.4, 0.5) is 4.79 Å². The maximum absolute atomic E-state index is 13.8. The highest BCUT2D eigenvalue weighted by Crippen LogP contribution is 2.47. The molecule has 1 fully saturated rings. The van der Waals surface area contributed by atoms with Gasteiger partial charge in [0.1, 0.15) is 18.2 Å². The molecule has 0 aromatic heterocycles. The van der Waals surface area contributed by atoms with Crippen molar-refractivity contribution in [3.63, 3.8) is 0 Å². The second-order valence-electron chi connectivity index (χ2n) is 8.92. The standard InChI is InChI=1S/C29H30INO4/c1-29(19-11-12-20-30)27(32)35-26(24-17-9-4-10-18-24)25(23-15-7-3-8-16-23)31(29)28(33)34-21-22-13-5-2-6-14-22/h2-10,13-18,25-26H,11-12,19-21H2,1H3/t25-,26+,29-/m0/s1. The lowest BCUT2D eigenvalue weighted by Crippen LogP contribution is -2.62. The van der Waals surface area contributed by atoms with Crippen LogP contribution in [0, 0.1) is 0 Å². The van der Waals surface area contributed by atoms with Crippen molar-refractivity contribution in [2.24, 2.45) is 0 Å². The van der Waals surface area contributed by atoms with Crippen molar-refractivity contribution in [1.29, 1.82) is 0 Å². The minimum Gasteiger partial charge on any atom is -0.453 e. The second kappa shape index (κ2) is 11.7. The van der Waals surface area contributed by atoms with Gasteiger partial charge in [-0.3, -0.25) is 4.90 Å². The Labute approximate surface area is 220 Å². The maximum atomic E-state index is 13.8. The fraction of sp³-hybridized carbons (Fsp3) is 0.310. The number of carbonyl (C=O) groups is 2. The number of morpholine rings is 1. The van der Waals surface area contributed by atoms with Gasteiger partial charge in [0.15, 0.2) is 6.10 Å². The molecule has 5 nitrogen and oxygen atoms in total. The summed E-state index contributed by atoms with van der Waals surface area (Å²) in [6.45, 7) is 1.94. The van der Waals surface area contributed by atoms with Crippen LogP contribution in [0.15, 0.2) is 91.0 Å². The summed E-state index contributed by atoms with van der Waals surface area (Å²) in [5.74, 6) is -0.399. The number of unbranched alkanes of at least 4 members (excludes halogenated alkanes) is 1. The van der Waals surface area contributed by atoms with Gasteiger partial charge < -0.3 is 9.47 Å². The van der Waals surface area contributed by atoms with Gasteiger partial charge in [0, 0.05) is 0 Å². The zero-order chi connectivity index (χ0) is 24.7. The molecule has 1 heterocycles. The number of benzene rings is 3. The van der Waals surface area contributed by atoms with Crippen molar-refractivity contribution in [3.8, 4) is 0 Å². The Morgan fingerprint density at radius 1 is 0.914 bits per heavy atom. The van der Waals surface area contributed by atoms with E-state index >= 15 is 0 Å². The van der Waals surface area contributed by atoms with Gasteiger partial charge in [-0.15, -0.1) is 0 Å². The largest absolute Gasteiger partial charge is 0.453 e. The Balaban J connectivity index is 1.76. The first kappa shape index (κ1) is 25.2. The van der Waals surface area contributed by atoms with Gasteiger partial charge in [-0.2, -0.15) is 0 Å². The summed E-state index contributed by atoms with van der Waals surface area (Å²) >= 11 is 2.33. The molecule has 1 aliphatic heterocycles. The number of esters is 1. The molecule has 182 valence electrons. The Kier molecular flexibility index (Phi) is 8.44. The van der Waals surface area contributed by atoms with E-state index in [1.807, 2.05) is 97.9 Å². The highest BCUT2D eigenvalue weighted by atomic mass is 127. The van der Waals surface area contributed by atoms with Crippen LogP contribution in [0.3, 0.4) is 0 Å². The van der Waals surface area contributed by atoms with Crippen molar-refractivity contribution in [3.05, 3.63) is 108 Å². The number of amides is 1. The van der Waals surface area contributed by atoms with Gasteiger partial charge in [-0.1, -0.05) is 114 Å². The van der Waals surface area contributed by atoms with Crippen molar-refractivity contribution < 1.29 is 19.1 Å². The molecule has 3 aromatic carbocycles. The average Bonchev–Trinajstić information content (AvgIpc) is 2.90. The number of rotatable bonds is 8. The number of alkyl halides is 1. The Bertz CT molecular complexity index is 1110. The topological polar surface area (TPSA) is 55.8 Å². The first-order chi connectivity index (χ1) is 17.0. The number of carbonyl (C=O) groups excluding carboxylic acids is 2. The minimum atomic E-state index is -1.15. The fourth-order valence-electron chi connectivity index (χ4n) is 4.60. The lowest BCUT2D eigenvalue weighted by Gasteiger charge is -2.50. The number of nitrogens with zero attached hydrogens (tertiary/aromatic N) is 1. The van der Waals surface area contributed by atoms with E-state index in [0.717, 1.165) is 34.0 Å². The van der Waals surface area contributed by atoms with E-state index < -0.39 is 29.7 Å². The van der Waals surface area contributed by atoms with E-state index in [1.165, 1.54) is 0 Å². The maximum Gasteiger partial charge on any atom is 0.411 e. The van der Waals surface area contributed by atoms with Crippen LogP contribution < -0.4 is 0 Å². The molecule has 4 rings (SSSR count). The van der Waals surface area contributed by atoms with E-state index in [2.05, 4.69) is 22.6 Å². The van der Waals surface area contributed by atoms with Crippen molar-refractivity contribution in [2.45, 2.75) is 50.5 Å². The molecular weight excluding hydrogens is 553 g/mol. The van der Waals surface area contributed by atoms with Gasteiger partial charge in [-0.25, -0.2) is 9.59 Å². The molecule has 1 amide bonds. The SMILES string of the molecule is C[C@]1(CCCCI)C(=O)O[C@H](c2ccccc2)[C@H](c2ccccc2)N1C(=O)OCc1ccccc1. The Morgan fingerprint density at radius 3 is 2.09 bits per heavy atom. The molecular formula is C29H30INO4.